The first-order valence-corrected chi connectivity index (χ1v) is 3.57. The summed E-state index contributed by atoms with van der Waals surface area (Å²) in [7, 11) is 0. The molecule has 0 saturated heterocycles. The lowest BCUT2D eigenvalue weighted by atomic mass is 10.6. The van der Waals surface area contributed by atoms with Crippen LogP contribution in [0.15, 0.2) is 17.1 Å². The zero-order chi connectivity index (χ0) is 9.52. The Morgan fingerprint density at radius 2 is 2.46 bits per heavy atom. The number of hydrogen-bond donors (Lipinski definition) is 2. The zero-order valence-electron chi connectivity index (χ0n) is 6.78. The van der Waals surface area contributed by atoms with Gasteiger partial charge in [-0.2, -0.15) is 0 Å². The normalized spacial score (nSPS) is 8.69. The third kappa shape index (κ3) is 3.40. The highest BCUT2D eigenvalue weighted by Crippen LogP contribution is 1.97. The maximum Gasteiger partial charge on any atom is 0.347 e. The summed E-state index contributed by atoms with van der Waals surface area (Å²) in [6.07, 6.45) is 1.34. The molecule has 1 rings (SSSR count). The maximum absolute atomic E-state index is 10.7. The molecule has 5 heteroatoms. The van der Waals surface area contributed by atoms with Gasteiger partial charge in [0.05, 0.1) is 0 Å². The third-order valence-electron chi connectivity index (χ3n) is 1.15. The Balaban J connectivity index is 2.50. The Kier molecular flexibility index (Phi) is 3.54. The van der Waals surface area contributed by atoms with Gasteiger partial charge < -0.3 is 9.84 Å². The van der Waals surface area contributed by atoms with E-state index >= 15 is 0 Å². The van der Waals surface area contributed by atoms with Crippen molar-refractivity contribution < 1.29 is 9.84 Å². The zero-order valence-corrected chi connectivity index (χ0v) is 6.78. The molecule has 2 N–H and O–H groups in total. The van der Waals surface area contributed by atoms with Gasteiger partial charge in [-0.1, -0.05) is 11.8 Å². The SMILES string of the molecule is O=c1nccc(OCC#CCO)[nH]1. The first-order chi connectivity index (χ1) is 6.33. The number of nitrogens with zero attached hydrogens (tertiary/aromatic N) is 1. The molecular weight excluding hydrogens is 172 g/mol. The molecule has 0 spiro atoms. The lowest BCUT2D eigenvalue weighted by Gasteiger charge is -1.98. The number of hydrogen-bond acceptors (Lipinski definition) is 4. The van der Waals surface area contributed by atoms with Crippen LogP contribution in [0.25, 0.3) is 0 Å². The summed E-state index contributed by atoms with van der Waals surface area (Å²) < 4.78 is 5.01. The summed E-state index contributed by atoms with van der Waals surface area (Å²) in [6.45, 7) is -0.0727. The largest absolute Gasteiger partial charge is 0.466 e. The minimum Gasteiger partial charge on any atom is -0.466 e. The van der Waals surface area contributed by atoms with E-state index in [1.54, 1.807) is 0 Å². The van der Waals surface area contributed by atoms with Crippen LogP contribution in [0.4, 0.5) is 0 Å². The molecule has 0 aliphatic heterocycles. The summed E-state index contributed by atoms with van der Waals surface area (Å²) in [5, 5.41) is 8.31. The molecule has 1 aromatic rings. The average molecular weight is 180 g/mol. The summed E-state index contributed by atoms with van der Waals surface area (Å²) in [5.41, 5.74) is -0.465. The minimum atomic E-state index is -0.465. The summed E-state index contributed by atoms with van der Waals surface area (Å²) in [5.74, 6) is 5.26. The molecule has 68 valence electrons. The van der Waals surface area contributed by atoms with Crippen LogP contribution in [-0.4, -0.2) is 28.3 Å². The second kappa shape index (κ2) is 4.95. The Morgan fingerprint density at radius 1 is 1.62 bits per heavy atom. The van der Waals surface area contributed by atoms with E-state index in [9.17, 15) is 4.79 Å². The van der Waals surface area contributed by atoms with Crippen molar-refractivity contribution in [2.45, 2.75) is 0 Å². The topological polar surface area (TPSA) is 75.2 Å². The van der Waals surface area contributed by atoms with Crippen molar-refractivity contribution in [1.29, 1.82) is 0 Å². The van der Waals surface area contributed by atoms with E-state index in [1.165, 1.54) is 12.3 Å². The van der Waals surface area contributed by atoms with Crippen molar-refractivity contribution in [1.82, 2.24) is 9.97 Å². The van der Waals surface area contributed by atoms with Crippen molar-refractivity contribution in [3.05, 3.63) is 22.7 Å². The smallest absolute Gasteiger partial charge is 0.347 e. The highest BCUT2D eigenvalue weighted by atomic mass is 16.5. The molecule has 0 aliphatic carbocycles. The molecule has 0 bridgehead atoms. The van der Waals surface area contributed by atoms with E-state index in [-0.39, 0.29) is 13.2 Å². The number of ether oxygens (including phenoxy) is 1. The number of nitrogens with one attached hydrogen (secondary N) is 1. The number of aliphatic hydroxyl groups is 1. The molecule has 0 atom stereocenters. The summed E-state index contributed by atoms with van der Waals surface area (Å²) in [4.78, 5) is 16.4. The molecular formula is C8H8N2O3. The number of aromatic nitrogens is 2. The molecule has 0 saturated carbocycles. The molecule has 0 radical (unpaired) electrons. The van der Waals surface area contributed by atoms with E-state index in [0.29, 0.717) is 5.88 Å². The van der Waals surface area contributed by atoms with Crippen LogP contribution in [-0.2, 0) is 0 Å². The number of rotatable bonds is 2. The van der Waals surface area contributed by atoms with Crippen molar-refractivity contribution in [3.63, 3.8) is 0 Å². The van der Waals surface area contributed by atoms with E-state index in [2.05, 4.69) is 21.8 Å². The van der Waals surface area contributed by atoms with Crippen LogP contribution < -0.4 is 10.4 Å². The predicted molar refractivity (Wildman–Crippen MR) is 45.2 cm³/mol. The number of aliphatic hydroxyl groups excluding tert-OH is 1. The third-order valence-corrected chi connectivity index (χ3v) is 1.15. The fourth-order valence-electron chi connectivity index (χ4n) is 0.657. The fourth-order valence-corrected chi connectivity index (χ4v) is 0.657. The van der Waals surface area contributed by atoms with Gasteiger partial charge in [0, 0.05) is 12.3 Å². The molecule has 0 fully saturated rings. The molecule has 1 aromatic heterocycles. The molecule has 5 nitrogen and oxygen atoms in total. The van der Waals surface area contributed by atoms with Crippen molar-refractivity contribution in [2.75, 3.05) is 13.2 Å². The fraction of sp³-hybridized carbons (Fsp3) is 0.250. The lowest BCUT2D eigenvalue weighted by Crippen LogP contribution is -2.10. The quantitative estimate of drug-likeness (QED) is 0.581. The van der Waals surface area contributed by atoms with Gasteiger partial charge >= 0.3 is 5.69 Å². The first kappa shape index (κ1) is 9.29. The Bertz CT molecular complexity index is 375. The van der Waals surface area contributed by atoms with Crippen molar-refractivity contribution in [2.24, 2.45) is 0 Å². The number of H-pyrrole nitrogens is 1. The van der Waals surface area contributed by atoms with Crippen LogP contribution in [0.3, 0.4) is 0 Å². The molecule has 0 unspecified atom stereocenters. The van der Waals surface area contributed by atoms with E-state index in [1.807, 2.05) is 0 Å². The Labute approximate surface area is 74.4 Å². The predicted octanol–water partition coefficient (Wildman–Crippen LogP) is -0.856. The molecule has 13 heavy (non-hydrogen) atoms. The summed E-state index contributed by atoms with van der Waals surface area (Å²) in [6, 6.07) is 1.52. The Morgan fingerprint density at radius 3 is 3.15 bits per heavy atom. The van der Waals surface area contributed by atoms with Crippen LogP contribution in [0.2, 0.25) is 0 Å². The first-order valence-electron chi connectivity index (χ1n) is 3.57. The van der Waals surface area contributed by atoms with Gasteiger partial charge in [0.2, 0.25) is 0 Å². The highest BCUT2D eigenvalue weighted by Gasteiger charge is 1.90. The second-order valence-corrected chi connectivity index (χ2v) is 2.04. The maximum atomic E-state index is 10.7. The molecule has 1 heterocycles. The molecule has 0 amide bonds. The van der Waals surface area contributed by atoms with Gasteiger partial charge in [0.1, 0.15) is 6.61 Å². The van der Waals surface area contributed by atoms with Gasteiger partial charge in [-0.25, -0.2) is 9.78 Å². The van der Waals surface area contributed by atoms with Crippen LogP contribution >= 0.6 is 0 Å². The van der Waals surface area contributed by atoms with E-state index < -0.39 is 5.69 Å². The lowest BCUT2D eigenvalue weighted by molar-refractivity contribution is 0.343. The van der Waals surface area contributed by atoms with Crippen molar-refractivity contribution in [3.8, 4) is 17.7 Å². The van der Waals surface area contributed by atoms with Gasteiger partial charge in [0.15, 0.2) is 12.5 Å². The standard InChI is InChI=1S/C8H8N2O3/c11-5-1-2-6-13-7-3-4-9-8(12)10-7/h3-4,11H,5-6H2,(H,9,10,12). The van der Waals surface area contributed by atoms with Gasteiger partial charge in [0.25, 0.3) is 0 Å². The minimum absolute atomic E-state index is 0.126. The van der Waals surface area contributed by atoms with Gasteiger partial charge in [-0.3, -0.25) is 4.98 Å². The molecule has 0 aliphatic rings. The van der Waals surface area contributed by atoms with Gasteiger partial charge in [-0.05, 0) is 0 Å². The van der Waals surface area contributed by atoms with Crippen LogP contribution in [0.1, 0.15) is 0 Å². The average Bonchev–Trinajstić information content (AvgIpc) is 2.13. The van der Waals surface area contributed by atoms with Crippen molar-refractivity contribution >= 4 is 0 Å². The van der Waals surface area contributed by atoms with Gasteiger partial charge in [-0.15, -0.1) is 0 Å². The van der Waals surface area contributed by atoms with Crippen LogP contribution in [0.5, 0.6) is 5.88 Å². The van der Waals surface area contributed by atoms with Crippen LogP contribution in [0, 0.1) is 11.8 Å². The van der Waals surface area contributed by atoms with E-state index in [0.717, 1.165) is 0 Å². The monoisotopic (exact) mass is 180 g/mol. The number of aromatic amines is 1. The second-order valence-electron chi connectivity index (χ2n) is 2.04. The molecule has 0 aromatic carbocycles. The summed E-state index contributed by atoms with van der Waals surface area (Å²) >= 11 is 0. The highest BCUT2D eigenvalue weighted by molar-refractivity contribution is 5.07. The van der Waals surface area contributed by atoms with E-state index in [4.69, 9.17) is 9.84 Å². The Hall–Kier alpha value is -1.80.